The molecule has 0 saturated carbocycles. The minimum atomic E-state index is -0.935. The van der Waals surface area contributed by atoms with Crippen LogP contribution in [0.15, 0.2) is 0 Å². The van der Waals surface area contributed by atoms with E-state index in [-0.39, 0.29) is 4.88 Å². The minimum absolute atomic E-state index is 0.275. The summed E-state index contributed by atoms with van der Waals surface area (Å²) in [5.41, 5.74) is 6.41. The summed E-state index contributed by atoms with van der Waals surface area (Å²) in [5.74, 6) is -0.935. The normalized spacial score (nSPS) is 9.70. The molecule has 3 N–H and O–H groups in total. The Balaban J connectivity index is 3.17. The monoisotopic (exact) mass is 156 g/mol. The molecule has 1 aromatic heterocycles. The summed E-state index contributed by atoms with van der Waals surface area (Å²) in [7, 11) is 0. The quantitative estimate of drug-likeness (QED) is 0.640. The van der Waals surface area contributed by atoms with Crippen LogP contribution < -0.4 is 5.73 Å². The number of anilines is 1. The maximum Gasteiger partial charge on any atom is 0.346 e. The van der Waals surface area contributed by atoms with Gasteiger partial charge in [-0.25, -0.2) is 4.79 Å². The number of thiophene rings is 1. The van der Waals surface area contributed by atoms with Crippen LogP contribution in [0.25, 0.3) is 0 Å². The molecule has 0 atom stereocenters. The molecule has 0 bridgehead atoms. The number of carboxylic acids is 1. The van der Waals surface area contributed by atoms with Crippen molar-refractivity contribution in [1.29, 1.82) is 0 Å². The zero-order valence-electron chi connectivity index (χ0n) is 5.34. The van der Waals surface area contributed by atoms with Crippen molar-refractivity contribution in [3.05, 3.63) is 15.8 Å². The number of carbonyl (C=O) groups is 1. The topological polar surface area (TPSA) is 63.3 Å². The first kappa shape index (κ1) is 7.08. The van der Waals surface area contributed by atoms with Crippen LogP contribution in [0.5, 0.6) is 0 Å². The van der Waals surface area contributed by atoms with Crippen molar-refractivity contribution in [2.45, 2.75) is 6.92 Å². The van der Waals surface area contributed by atoms with Gasteiger partial charge in [-0.05, 0) is 12.5 Å². The van der Waals surface area contributed by atoms with Crippen molar-refractivity contribution in [3.8, 4) is 0 Å². The first-order valence-corrected chi connectivity index (χ1v) is 3.44. The lowest BCUT2D eigenvalue weighted by molar-refractivity contribution is 0.0701. The molecule has 0 amide bonds. The Labute approximate surface area is 62.1 Å². The molecule has 53 valence electrons. The highest BCUT2D eigenvalue weighted by Gasteiger charge is 2.10. The van der Waals surface area contributed by atoms with Gasteiger partial charge in [0.2, 0.25) is 0 Å². The zero-order chi connectivity index (χ0) is 7.72. The maximum atomic E-state index is 10.4. The number of aromatic carboxylic acids is 1. The van der Waals surface area contributed by atoms with Gasteiger partial charge in [0.1, 0.15) is 4.88 Å². The van der Waals surface area contributed by atoms with Crippen LogP contribution in [0.2, 0.25) is 0 Å². The molecule has 1 radical (unpaired) electrons. The fourth-order valence-electron chi connectivity index (χ4n) is 0.585. The van der Waals surface area contributed by atoms with Crippen molar-refractivity contribution in [1.82, 2.24) is 0 Å². The van der Waals surface area contributed by atoms with Gasteiger partial charge >= 0.3 is 5.97 Å². The molecular weight excluding hydrogens is 150 g/mol. The number of carboxylic acid groups (broad SMARTS) is 1. The molecule has 1 rings (SSSR count). The van der Waals surface area contributed by atoms with Crippen LogP contribution in [0, 0.1) is 12.3 Å². The lowest BCUT2D eigenvalue weighted by Crippen LogP contribution is -1.95. The highest BCUT2D eigenvalue weighted by Crippen LogP contribution is 2.22. The molecule has 0 saturated heterocycles. The summed E-state index contributed by atoms with van der Waals surface area (Å²) < 4.78 is 0. The molecule has 0 unspecified atom stereocenters. The maximum absolute atomic E-state index is 10.4. The molecule has 0 aliphatic heterocycles. The third kappa shape index (κ3) is 0.974. The van der Waals surface area contributed by atoms with Crippen molar-refractivity contribution >= 4 is 23.0 Å². The molecule has 0 spiro atoms. The van der Waals surface area contributed by atoms with Crippen LogP contribution in [0.1, 0.15) is 15.2 Å². The van der Waals surface area contributed by atoms with E-state index in [1.165, 1.54) is 0 Å². The van der Waals surface area contributed by atoms with E-state index in [9.17, 15) is 4.79 Å². The zero-order valence-corrected chi connectivity index (χ0v) is 6.16. The van der Waals surface area contributed by atoms with E-state index in [4.69, 9.17) is 10.8 Å². The first-order valence-electron chi connectivity index (χ1n) is 2.62. The molecular formula is C6H6NO2S. The Bertz CT molecular complexity index is 267. The van der Waals surface area contributed by atoms with Gasteiger partial charge in [-0.15, -0.1) is 11.3 Å². The fraction of sp³-hybridized carbons (Fsp3) is 0.167. The molecule has 3 nitrogen and oxygen atoms in total. The third-order valence-electron chi connectivity index (χ3n) is 1.20. The molecule has 0 fully saturated rings. The average molecular weight is 156 g/mol. The highest BCUT2D eigenvalue weighted by atomic mass is 32.1. The standard InChI is InChI=1S/C6H6NO2S/c1-3-4(7)2-10-5(3)6(8)9/h7H2,1H3,(H,8,9). The van der Waals surface area contributed by atoms with Gasteiger partial charge in [0, 0.05) is 0 Å². The van der Waals surface area contributed by atoms with E-state index in [0.717, 1.165) is 11.3 Å². The van der Waals surface area contributed by atoms with Crippen LogP contribution in [0.3, 0.4) is 0 Å². The lowest BCUT2D eigenvalue weighted by atomic mass is 10.2. The number of nitrogens with two attached hydrogens (primary N) is 1. The van der Waals surface area contributed by atoms with Crippen molar-refractivity contribution in [3.63, 3.8) is 0 Å². The molecule has 0 aliphatic carbocycles. The Morgan fingerprint density at radius 3 is 2.60 bits per heavy atom. The summed E-state index contributed by atoms with van der Waals surface area (Å²) in [6.07, 6.45) is 0. The number of rotatable bonds is 1. The lowest BCUT2D eigenvalue weighted by Gasteiger charge is -1.89. The van der Waals surface area contributed by atoms with E-state index >= 15 is 0 Å². The first-order chi connectivity index (χ1) is 4.63. The Kier molecular flexibility index (Phi) is 1.63. The number of hydrogen-bond donors (Lipinski definition) is 2. The molecule has 4 heteroatoms. The number of nitrogen functional groups attached to an aromatic ring is 1. The van der Waals surface area contributed by atoms with Gasteiger partial charge in [-0.1, -0.05) is 0 Å². The molecule has 10 heavy (non-hydrogen) atoms. The summed E-state index contributed by atoms with van der Waals surface area (Å²) in [6, 6.07) is 0. The SMILES string of the molecule is Cc1c(N)[c]sc1C(=O)O. The van der Waals surface area contributed by atoms with Gasteiger partial charge in [-0.3, -0.25) is 0 Å². The Morgan fingerprint density at radius 2 is 2.40 bits per heavy atom. The van der Waals surface area contributed by atoms with Crippen molar-refractivity contribution < 1.29 is 9.90 Å². The van der Waals surface area contributed by atoms with E-state index in [0.29, 0.717) is 11.3 Å². The van der Waals surface area contributed by atoms with Gasteiger partial charge in [0.05, 0.1) is 11.1 Å². The summed E-state index contributed by atoms with van der Waals surface area (Å²) in [6.45, 7) is 1.67. The second-order valence-corrected chi connectivity index (χ2v) is 2.69. The summed E-state index contributed by atoms with van der Waals surface area (Å²) in [4.78, 5) is 10.6. The van der Waals surface area contributed by atoms with E-state index in [2.05, 4.69) is 5.38 Å². The van der Waals surface area contributed by atoms with E-state index in [1.54, 1.807) is 6.92 Å². The van der Waals surface area contributed by atoms with Crippen LogP contribution in [-0.2, 0) is 0 Å². The molecule has 0 aliphatic rings. The predicted octanol–water partition coefficient (Wildman–Crippen LogP) is 1.14. The fourth-order valence-corrected chi connectivity index (χ4v) is 1.30. The molecule has 1 heterocycles. The Morgan fingerprint density at radius 1 is 1.80 bits per heavy atom. The van der Waals surface area contributed by atoms with Gasteiger partial charge in [0.25, 0.3) is 0 Å². The van der Waals surface area contributed by atoms with Gasteiger partial charge in [-0.2, -0.15) is 0 Å². The van der Waals surface area contributed by atoms with Crippen molar-refractivity contribution in [2.75, 3.05) is 5.73 Å². The summed E-state index contributed by atoms with van der Waals surface area (Å²) in [5, 5.41) is 11.2. The van der Waals surface area contributed by atoms with Crippen molar-refractivity contribution in [2.24, 2.45) is 0 Å². The minimum Gasteiger partial charge on any atom is -0.477 e. The average Bonchev–Trinajstić information content (AvgIpc) is 2.14. The van der Waals surface area contributed by atoms with Gasteiger partial charge in [0.15, 0.2) is 0 Å². The molecule has 1 aromatic rings. The van der Waals surface area contributed by atoms with Crippen LogP contribution in [0.4, 0.5) is 5.69 Å². The number of hydrogen-bond acceptors (Lipinski definition) is 3. The van der Waals surface area contributed by atoms with Crippen LogP contribution >= 0.6 is 11.3 Å². The second-order valence-electron chi connectivity index (χ2n) is 1.88. The smallest absolute Gasteiger partial charge is 0.346 e. The van der Waals surface area contributed by atoms with E-state index < -0.39 is 5.97 Å². The highest BCUT2D eigenvalue weighted by molar-refractivity contribution is 7.12. The largest absolute Gasteiger partial charge is 0.477 e. The van der Waals surface area contributed by atoms with E-state index in [1.807, 2.05) is 0 Å². The second kappa shape index (κ2) is 2.30. The van der Waals surface area contributed by atoms with Crippen LogP contribution in [-0.4, -0.2) is 11.1 Å². The van der Waals surface area contributed by atoms with Gasteiger partial charge < -0.3 is 10.8 Å². The predicted molar refractivity (Wildman–Crippen MR) is 39.3 cm³/mol. The molecule has 0 aromatic carbocycles. The third-order valence-corrected chi connectivity index (χ3v) is 2.21. The summed E-state index contributed by atoms with van der Waals surface area (Å²) >= 11 is 1.03. The Hall–Kier alpha value is -1.03.